The number of aliphatic hydroxyl groups is 1. The van der Waals surface area contributed by atoms with Gasteiger partial charge in [0.2, 0.25) is 0 Å². The van der Waals surface area contributed by atoms with E-state index in [9.17, 15) is 9.90 Å². The molecule has 23 heavy (non-hydrogen) atoms. The van der Waals surface area contributed by atoms with Crippen LogP contribution in [0.25, 0.3) is 0 Å². The maximum atomic E-state index is 12.5. The van der Waals surface area contributed by atoms with Crippen LogP contribution < -0.4 is 0 Å². The first-order valence-electron chi connectivity index (χ1n) is 8.40. The number of rotatable bonds is 9. The van der Waals surface area contributed by atoms with Crippen LogP contribution in [0.5, 0.6) is 0 Å². The normalized spacial score (nSPS) is 21.1. The summed E-state index contributed by atoms with van der Waals surface area (Å²) in [4.78, 5) is 17.7. The topological polar surface area (TPSA) is 58.9 Å². The summed E-state index contributed by atoms with van der Waals surface area (Å²) in [5.74, 6) is 1.46. The Morgan fingerprint density at radius 1 is 1.48 bits per heavy atom. The molecule has 1 aliphatic carbocycles. The second kappa shape index (κ2) is 10.5. The fourth-order valence-corrected chi connectivity index (χ4v) is 3.81. The molecule has 0 aromatic rings. The molecule has 0 heterocycles. The molecule has 0 radical (unpaired) electrons. The van der Waals surface area contributed by atoms with Gasteiger partial charge in [-0.2, -0.15) is 11.8 Å². The number of carbonyl (C=O) groups is 1. The van der Waals surface area contributed by atoms with Crippen molar-refractivity contribution in [3.8, 4) is 0 Å². The highest BCUT2D eigenvalue weighted by Crippen LogP contribution is 2.32. The summed E-state index contributed by atoms with van der Waals surface area (Å²) in [7, 11) is 0. The first-order chi connectivity index (χ1) is 11.0. The molecule has 0 saturated heterocycles. The van der Waals surface area contributed by atoms with E-state index >= 15 is 0 Å². The second-order valence-corrected chi connectivity index (χ2v) is 7.49. The van der Waals surface area contributed by atoms with Crippen LogP contribution in [0.3, 0.4) is 0 Å². The van der Waals surface area contributed by atoms with Gasteiger partial charge in [-0.15, -0.1) is 0 Å². The van der Waals surface area contributed by atoms with Crippen LogP contribution in [0.2, 0.25) is 0 Å². The second-order valence-electron chi connectivity index (χ2n) is 5.78. The van der Waals surface area contributed by atoms with Crippen LogP contribution in [-0.4, -0.2) is 34.2 Å². The number of allylic oxidation sites excluding steroid dienone is 3. The van der Waals surface area contributed by atoms with Gasteiger partial charge in [-0.3, -0.25) is 4.79 Å². The van der Waals surface area contributed by atoms with Gasteiger partial charge in [0.25, 0.3) is 0 Å². The zero-order valence-corrected chi connectivity index (χ0v) is 15.5. The number of carbonyl (C=O) groups excluding carboxylic acids is 1. The van der Waals surface area contributed by atoms with Gasteiger partial charge in [-0.1, -0.05) is 32.0 Å². The van der Waals surface area contributed by atoms with Crippen LogP contribution in [-0.2, 0) is 9.63 Å². The van der Waals surface area contributed by atoms with E-state index in [-0.39, 0.29) is 17.5 Å². The summed E-state index contributed by atoms with van der Waals surface area (Å²) in [6.07, 6.45) is 6.29. The molecule has 0 spiro atoms. The molecule has 0 aromatic heterocycles. The molecule has 0 fully saturated rings. The first-order valence-corrected chi connectivity index (χ1v) is 9.45. The number of Topliss-reactive ketones (excluding diaryl/α,β-unsaturated/α-hetero) is 1. The molecule has 0 amide bonds. The van der Waals surface area contributed by atoms with E-state index in [4.69, 9.17) is 4.84 Å². The lowest BCUT2D eigenvalue weighted by atomic mass is 9.82. The number of hydrogen-bond donors (Lipinski definition) is 1. The van der Waals surface area contributed by atoms with Crippen molar-refractivity contribution in [1.82, 2.24) is 0 Å². The van der Waals surface area contributed by atoms with E-state index in [2.05, 4.69) is 19.0 Å². The average molecular weight is 340 g/mol. The van der Waals surface area contributed by atoms with E-state index < -0.39 is 0 Å². The molecular formula is C18H29NO3S. The van der Waals surface area contributed by atoms with Gasteiger partial charge in [0, 0.05) is 18.1 Å². The van der Waals surface area contributed by atoms with Crippen LogP contribution >= 0.6 is 11.8 Å². The fourth-order valence-electron chi connectivity index (χ4n) is 2.83. The Balaban J connectivity index is 2.79. The van der Waals surface area contributed by atoms with Gasteiger partial charge in [0.05, 0.1) is 11.3 Å². The number of hydrogen-bond acceptors (Lipinski definition) is 5. The van der Waals surface area contributed by atoms with Gasteiger partial charge in [0.15, 0.2) is 5.78 Å². The molecule has 0 aromatic carbocycles. The number of thioether (sulfide) groups is 1. The smallest absolute Gasteiger partial charge is 0.168 e. The lowest BCUT2D eigenvalue weighted by molar-refractivity contribution is -0.116. The third-order valence-corrected chi connectivity index (χ3v) is 4.94. The molecule has 2 atom stereocenters. The minimum Gasteiger partial charge on any atom is -0.511 e. The summed E-state index contributed by atoms with van der Waals surface area (Å²) in [5, 5.41) is 14.9. The average Bonchev–Trinajstić information content (AvgIpc) is 2.49. The lowest BCUT2D eigenvalue weighted by Crippen LogP contribution is -2.26. The highest BCUT2D eigenvalue weighted by atomic mass is 32.2. The molecule has 0 saturated carbocycles. The molecule has 5 heteroatoms. The van der Waals surface area contributed by atoms with Gasteiger partial charge in [-0.05, 0) is 37.5 Å². The zero-order chi connectivity index (χ0) is 17.2. The van der Waals surface area contributed by atoms with Crippen LogP contribution in [0.1, 0.15) is 53.4 Å². The predicted molar refractivity (Wildman–Crippen MR) is 98.1 cm³/mol. The number of nitrogens with zero attached hydrogens (tertiary/aromatic N) is 1. The first kappa shape index (κ1) is 19.8. The molecule has 4 nitrogen and oxygen atoms in total. The molecule has 130 valence electrons. The predicted octanol–water partition coefficient (Wildman–Crippen LogP) is 4.67. The maximum absolute atomic E-state index is 12.5. The highest BCUT2D eigenvalue weighted by molar-refractivity contribution is 7.99. The Kier molecular flexibility index (Phi) is 9.07. The highest BCUT2D eigenvalue weighted by Gasteiger charge is 2.31. The third-order valence-electron chi connectivity index (χ3n) is 3.84. The molecule has 0 aliphatic heterocycles. The van der Waals surface area contributed by atoms with Crippen molar-refractivity contribution < 1.29 is 14.7 Å². The van der Waals surface area contributed by atoms with Crippen molar-refractivity contribution >= 4 is 23.3 Å². The molecule has 1 rings (SSSR count). The summed E-state index contributed by atoms with van der Waals surface area (Å²) in [6, 6.07) is 0. The third kappa shape index (κ3) is 6.42. The molecule has 1 N–H and O–H groups in total. The maximum Gasteiger partial charge on any atom is 0.168 e. The van der Waals surface area contributed by atoms with Crippen LogP contribution in [0.4, 0.5) is 0 Å². The Hall–Kier alpha value is -1.23. The van der Waals surface area contributed by atoms with Crippen molar-refractivity contribution in [2.24, 2.45) is 11.1 Å². The van der Waals surface area contributed by atoms with Crippen molar-refractivity contribution in [2.45, 2.75) is 58.6 Å². The SMILES string of the molecule is C/C=C/CON=C(CC)C1=C(O)CC(CC(C)SCC)CC1=O. The summed E-state index contributed by atoms with van der Waals surface area (Å²) in [6.45, 7) is 8.52. The van der Waals surface area contributed by atoms with Crippen LogP contribution in [0.15, 0.2) is 28.6 Å². The van der Waals surface area contributed by atoms with Crippen molar-refractivity contribution in [2.75, 3.05) is 12.4 Å². The standard InChI is InChI=1S/C18H29NO3S/c1-5-8-9-22-19-15(6-2)18-16(20)11-14(12-17(18)21)10-13(4)23-7-3/h5,8,13-14,20H,6-7,9-12H2,1-4H3/b8-5+,19-15?. The van der Waals surface area contributed by atoms with Gasteiger partial charge in [-0.25, -0.2) is 0 Å². The summed E-state index contributed by atoms with van der Waals surface area (Å²) < 4.78 is 0. The van der Waals surface area contributed by atoms with Crippen molar-refractivity contribution in [3.63, 3.8) is 0 Å². The zero-order valence-electron chi connectivity index (χ0n) is 14.7. The lowest BCUT2D eigenvalue weighted by Gasteiger charge is -2.25. The molecule has 1 aliphatic rings. The largest absolute Gasteiger partial charge is 0.511 e. The van der Waals surface area contributed by atoms with E-state index in [0.29, 0.717) is 42.4 Å². The van der Waals surface area contributed by atoms with Crippen molar-refractivity contribution in [3.05, 3.63) is 23.5 Å². The molecule has 2 unspecified atom stereocenters. The van der Waals surface area contributed by atoms with E-state index in [0.717, 1.165) is 12.2 Å². The number of aliphatic hydroxyl groups excluding tert-OH is 1. The van der Waals surface area contributed by atoms with Gasteiger partial charge < -0.3 is 9.94 Å². The fraction of sp³-hybridized carbons (Fsp3) is 0.667. The number of oxime groups is 1. The summed E-state index contributed by atoms with van der Waals surface area (Å²) in [5.41, 5.74) is 0.923. The van der Waals surface area contributed by atoms with Crippen LogP contribution in [0, 0.1) is 5.92 Å². The van der Waals surface area contributed by atoms with E-state index in [1.54, 1.807) is 0 Å². The molecule has 0 bridgehead atoms. The van der Waals surface area contributed by atoms with Gasteiger partial charge >= 0.3 is 0 Å². The summed E-state index contributed by atoms with van der Waals surface area (Å²) >= 11 is 1.90. The number of ketones is 1. The Bertz CT molecular complexity index is 483. The minimum absolute atomic E-state index is 0.0114. The monoisotopic (exact) mass is 339 g/mol. The Morgan fingerprint density at radius 3 is 2.78 bits per heavy atom. The van der Waals surface area contributed by atoms with E-state index in [1.807, 2.05) is 37.8 Å². The Labute approximate surface area is 144 Å². The quantitative estimate of drug-likeness (QED) is 0.287. The van der Waals surface area contributed by atoms with E-state index in [1.165, 1.54) is 0 Å². The molecular weight excluding hydrogens is 310 g/mol. The minimum atomic E-state index is -0.0114. The van der Waals surface area contributed by atoms with Gasteiger partial charge in [0.1, 0.15) is 12.4 Å². The Morgan fingerprint density at radius 2 is 2.22 bits per heavy atom. The van der Waals surface area contributed by atoms with Crippen molar-refractivity contribution in [1.29, 1.82) is 0 Å².